The summed E-state index contributed by atoms with van der Waals surface area (Å²) in [6.07, 6.45) is 0.247. The Morgan fingerprint density at radius 3 is 2.43 bits per heavy atom. The molecule has 1 heterocycles. The molecule has 0 saturated carbocycles. The fourth-order valence-electron chi connectivity index (χ4n) is 2.29. The van der Waals surface area contributed by atoms with E-state index in [9.17, 15) is 13.2 Å². The van der Waals surface area contributed by atoms with E-state index in [0.717, 1.165) is 4.31 Å². The minimum absolute atomic E-state index is 0.00833. The van der Waals surface area contributed by atoms with E-state index in [-0.39, 0.29) is 40.1 Å². The van der Waals surface area contributed by atoms with E-state index in [0.29, 0.717) is 4.47 Å². The predicted octanol–water partition coefficient (Wildman–Crippen LogP) is 3.69. The first-order chi connectivity index (χ1) is 9.53. The van der Waals surface area contributed by atoms with E-state index in [1.165, 1.54) is 12.1 Å². The zero-order valence-electron chi connectivity index (χ0n) is 12.1. The van der Waals surface area contributed by atoms with Crippen LogP contribution in [-0.4, -0.2) is 25.2 Å². The average molecular weight is 395 g/mol. The molecule has 1 aliphatic heterocycles. The van der Waals surface area contributed by atoms with Gasteiger partial charge in [0.2, 0.25) is 5.91 Å². The summed E-state index contributed by atoms with van der Waals surface area (Å²) in [5.74, 6) is -0.358. The van der Waals surface area contributed by atoms with E-state index in [1.807, 2.05) is 20.8 Å². The van der Waals surface area contributed by atoms with Crippen LogP contribution in [0.1, 0.15) is 27.2 Å². The number of carbonyl (C=O) groups excluding carboxylic acids is 1. The van der Waals surface area contributed by atoms with Gasteiger partial charge in [0, 0.05) is 17.4 Å². The highest BCUT2D eigenvalue weighted by Crippen LogP contribution is 2.37. The lowest BCUT2D eigenvalue weighted by Crippen LogP contribution is -2.33. The molecule has 1 aromatic rings. The molecule has 1 amide bonds. The molecule has 1 unspecified atom stereocenters. The zero-order chi connectivity index (χ0) is 16.0. The highest BCUT2D eigenvalue weighted by Gasteiger charge is 2.43. The predicted molar refractivity (Wildman–Crippen MR) is 85.6 cm³/mol. The number of benzene rings is 1. The number of hydrogen-bond donors (Lipinski definition) is 0. The van der Waals surface area contributed by atoms with Gasteiger partial charge in [0.25, 0.3) is 10.0 Å². The lowest BCUT2D eigenvalue weighted by molar-refractivity contribution is -0.123. The van der Waals surface area contributed by atoms with Crippen molar-refractivity contribution >= 4 is 43.5 Å². The lowest BCUT2D eigenvalue weighted by Gasteiger charge is -2.26. The maximum Gasteiger partial charge on any atom is 0.267 e. The van der Waals surface area contributed by atoms with Crippen molar-refractivity contribution in [2.75, 3.05) is 6.54 Å². The summed E-state index contributed by atoms with van der Waals surface area (Å²) in [5, 5.41) is 0.108. The minimum atomic E-state index is -3.90. The van der Waals surface area contributed by atoms with Gasteiger partial charge in [0.05, 0.1) is 5.02 Å². The first-order valence-electron chi connectivity index (χ1n) is 6.54. The third kappa shape index (κ3) is 3.27. The van der Waals surface area contributed by atoms with Crippen molar-refractivity contribution in [1.82, 2.24) is 4.31 Å². The molecule has 0 aromatic heterocycles. The lowest BCUT2D eigenvalue weighted by atomic mass is 9.80. The van der Waals surface area contributed by atoms with Gasteiger partial charge in [-0.2, -0.15) is 0 Å². The Morgan fingerprint density at radius 1 is 1.33 bits per heavy atom. The van der Waals surface area contributed by atoms with Gasteiger partial charge in [0.1, 0.15) is 4.90 Å². The van der Waals surface area contributed by atoms with E-state index >= 15 is 0 Å². The van der Waals surface area contributed by atoms with Crippen LogP contribution < -0.4 is 0 Å². The molecule has 116 valence electrons. The number of sulfonamides is 1. The summed E-state index contributed by atoms with van der Waals surface area (Å²) < 4.78 is 27.0. The molecule has 2 rings (SSSR count). The van der Waals surface area contributed by atoms with Crippen LogP contribution in [0.5, 0.6) is 0 Å². The van der Waals surface area contributed by atoms with Crippen LogP contribution in [0, 0.1) is 11.3 Å². The molecule has 0 spiro atoms. The van der Waals surface area contributed by atoms with E-state index in [2.05, 4.69) is 15.9 Å². The van der Waals surface area contributed by atoms with Gasteiger partial charge in [0.15, 0.2) is 0 Å². The van der Waals surface area contributed by atoms with Crippen molar-refractivity contribution in [2.45, 2.75) is 32.1 Å². The summed E-state index contributed by atoms with van der Waals surface area (Å²) in [6, 6.07) is 4.52. The van der Waals surface area contributed by atoms with Crippen LogP contribution in [0.15, 0.2) is 27.6 Å². The van der Waals surface area contributed by atoms with Crippen molar-refractivity contribution in [3.8, 4) is 0 Å². The molecule has 0 bridgehead atoms. The standard InChI is InChI=1S/C14H17BrClNO3S/c1-14(2,3)9-6-13(18)17(8-9)21(19,20)12-5-4-10(15)7-11(12)16/h4-5,7,9H,6,8H2,1-3H3. The maximum atomic E-state index is 12.7. The fourth-order valence-corrected chi connectivity index (χ4v) is 4.76. The minimum Gasteiger partial charge on any atom is -0.274 e. The van der Waals surface area contributed by atoms with Crippen LogP contribution in [0.2, 0.25) is 5.02 Å². The highest BCUT2D eigenvalue weighted by atomic mass is 79.9. The second kappa shape index (κ2) is 5.56. The van der Waals surface area contributed by atoms with Gasteiger partial charge in [-0.05, 0) is 29.5 Å². The number of carbonyl (C=O) groups is 1. The van der Waals surface area contributed by atoms with E-state index < -0.39 is 10.0 Å². The summed E-state index contributed by atoms with van der Waals surface area (Å²) >= 11 is 9.25. The van der Waals surface area contributed by atoms with Gasteiger partial charge >= 0.3 is 0 Å². The first kappa shape index (κ1) is 16.8. The third-order valence-electron chi connectivity index (χ3n) is 3.77. The maximum absolute atomic E-state index is 12.7. The molecule has 0 aliphatic carbocycles. The molecule has 4 nitrogen and oxygen atoms in total. The smallest absolute Gasteiger partial charge is 0.267 e. The summed E-state index contributed by atoms with van der Waals surface area (Å²) in [6.45, 7) is 6.23. The largest absolute Gasteiger partial charge is 0.274 e. The van der Waals surface area contributed by atoms with Crippen molar-refractivity contribution in [2.24, 2.45) is 11.3 Å². The summed E-state index contributed by atoms with van der Waals surface area (Å²) in [7, 11) is -3.90. The zero-order valence-corrected chi connectivity index (χ0v) is 15.2. The Hall–Kier alpha value is -0.590. The molecular weight excluding hydrogens is 378 g/mol. The number of hydrogen-bond acceptors (Lipinski definition) is 3. The van der Waals surface area contributed by atoms with Gasteiger partial charge < -0.3 is 0 Å². The number of halogens is 2. The van der Waals surface area contributed by atoms with Crippen LogP contribution in [0.4, 0.5) is 0 Å². The second-order valence-corrected chi connectivity index (χ2v) is 9.43. The first-order valence-corrected chi connectivity index (χ1v) is 9.15. The monoisotopic (exact) mass is 393 g/mol. The van der Waals surface area contributed by atoms with Crippen molar-refractivity contribution in [3.05, 3.63) is 27.7 Å². The van der Waals surface area contributed by atoms with Gasteiger partial charge in [-0.1, -0.05) is 48.3 Å². The molecule has 0 N–H and O–H groups in total. The Morgan fingerprint density at radius 2 is 1.95 bits per heavy atom. The topological polar surface area (TPSA) is 54.5 Å². The van der Waals surface area contributed by atoms with E-state index in [4.69, 9.17) is 11.6 Å². The molecular formula is C14H17BrClNO3S. The van der Waals surface area contributed by atoms with Crippen molar-refractivity contribution < 1.29 is 13.2 Å². The summed E-state index contributed by atoms with van der Waals surface area (Å²) in [5.41, 5.74) is -0.122. The number of nitrogens with zero attached hydrogens (tertiary/aromatic N) is 1. The Bertz CT molecular complexity index is 682. The van der Waals surface area contributed by atoms with Crippen LogP contribution >= 0.6 is 27.5 Å². The SMILES string of the molecule is CC(C)(C)C1CC(=O)N(S(=O)(=O)c2ccc(Br)cc2Cl)C1. The molecule has 1 aromatic carbocycles. The Labute approximate surface area is 138 Å². The quantitative estimate of drug-likeness (QED) is 0.769. The second-order valence-electron chi connectivity index (χ2n) is 6.27. The fraction of sp³-hybridized carbons (Fsp3) is 0.500. The van der Waals surface area contributed by atoms with Crippen LogP contribution in [0.25, 0.3) is 0 Å². The van der Waals surface area contributed by atoms with Gasteiger partial charge in [-0.3, -0.25) is 4.79 Å². The molecule has 1 aliphatic rings. The molecule has 7 heteroatoms. The summed E-state index contributed by atoms with van der Waals surface area (Å²) in [4.78, 5) is 12.1. The molecule has 21 heavy (non-hydrogen) atoms. The van der Waals surface area contributed by atoms with Gasteiger partial charge in [-0.15, -0.1) is 0 Å². The van der Waals surface area contributed by atoms with Gasteiger partial charge in [-0.25, -0.2) is 12.7 Å². The highest BCUT2D eigenvalue weighted by molar-refractivity contribution is 9.10. The molecule has 0 radical (unpaired) electrons. The Balaban J connectivity index is 2.39. The van der Waals surface area contributed by atoms with E-state index in [1.54, 1.807) is 6.07 Å². The number of rotatable bonds is 2. The van der Waals surface area contributed by atoms with Crippen molar-refractivity contribution in [1.29, 1.82) is 0 Å². The number of amides is 1. The van der Waals surface area contributed by atoms with Crippen LogP contribution in [-0.2, 0) is 14.8 Å². The molecule has 1 atom stereocenters. The average Bonchev–Trinajstić information content (AvgIpc) is 2.71. The third-order valence-corrected chi connectivity index (χ3v) is 6.53. The molecule has 1 fully saturated rings. The van der Waals surface area contributed by atoms with Crippen molar-refractivity contribution in [3.63, 3.8) is 0 Å². The molecule has 1 saturated heterocycles. The Kier molecular flexibility index (Phi) is 4.44. The normalized spacial score (nSPS) is 20.1. The van der Waals surface area contributed by atoms with Crippen LogP contribution in [0.3, 0.4) is 0 Å².